The molecule has 4 radical (unpaired) electrons. The van der Waals surface area contributed by atoms with E-state index >= 15 is 0 Å². The summed E-state index contributed by atoms with van der Waals surface area (Å²) in [4.78, 5) is 65.3. The minimum atomic E-state index is -0.125. The molecule has 0 spiro atoms. The zero-order valence-corrected chi connectivity index (χ0v) is 76.4. The maximum Gasteiger partial charge on any atom is 0.155 e. The van der Waals surface area contributed by atoms with Crippen molar-refractivity contribution >= 4 is 72.1 Å². The van der Waals surface area contributed by atoms with Crippen LogP contribution in [0.1, 0.15) is 109 Å². The third-order valence-electron chi connectivity index (χ3n) is 17.2. The van der Waals surface area contributed by atoms with Gasteiger partial charge in [0.2, 0.25) is 0 Å². The summed E-state index contributed by atoms with van der Waals surface area (Å²) < 4.78 is 0. The van der Waals surface area contributed by atoms with Crippen molar-refractivity contribution in [1.82, 2.24) is 24.9 Å². The monoisotopic (exact) mass is 2270 g/mol. The van der Waals surface area contributed by atoms with Crippen molar-refractivity contribution in [3.63, 3.8) is 0 Å². The molecule has 0 aliphatic heterocycles. The Morgan fingerprint density at radius 1 is 0.398 bits per heavy atom. The second-order valence-corrected chi connectivity index (χ2v) is 27.5. The van der Waals surface area contributed by atoms with Crippen LogP contribution in [0.25, 0.3) is 105 Å². The number of hydrogen-bond acceptors (Lipinski definition) is 12. The van der Waals surface area contributed by atoms with Crippen LogP contribution in [0.4, 0.5) is 0 Å². The van der Waals surface area contributed by atoms with Crippen LogP contribution < -0.4 is 0 Å². The smallest absolute Gasteiger partial charge is 0.155 e. The Hall–Kier alpha value is -11.4. The van der Waals surface area contributed by atoms with Crippen molar-refractivity contribution in [2.75, 3.05) is 0 Å². The van der Waals surface area contributed by atoms with Gasteiger partial charge in [0.1, 0.15) is 0 Å². The van der Waals surface area contributed by atoms with E-state index in [-0.39, 0.29) is 126 Å². The van der Waals surface area contributed by atoms with Gasteiger partial charge in [-0.1, -0.05) is 232 Å². The summed E-state index contributed by atoms with van der Waals surface area (Å²) in [6.07, 6.45) is 15.9. The first-order chi connectivity index (χ1) is 55.1. The SMILES string of the molecule is CC(=O)C=C(C)O.CC(=O)C=C(C)O.CC(=O)C=C(C)O.CC(C)(C)c1ccc(-c2[c-]cc(C(=O)c3ccccc3)cc2)nc1.[C-]1=C(c2ccc3ccccc3n2)CCC1.[Ir].[Ir].[Ir].[Ir].[c-]1ccc2ccccc2c1-c1ccccn1.[c-]1ccccc1-c1cc(-c2ccccc2)c2ccccc2n1.[c-]1ccccc1-c1nccc2ccccc12. The standard InChI is InChI=1S/C22H20NO.C21H14N.2C15H10N.C14H12N.3C5H8O2.4Ir/c1-22(2,3)19-13-14-20(23-15-19)16-9-11-18(12-10-16)21(24)17-7-5-4-6-8-17;1-3-9-16(10-4-1)19-15-21(17-11-5-2-6-12-17)22-20-14-8-7-13-18(19)20;1-2-8-13-12(6-1)7-5-9-14(13)15-10-3-4-11-16-15;1-2-7-13(8-3-1)15-14-9-5-4-6-12(14)10-11-16-15;1-2-6-11(5-1)14-10-9-12-7-3-4-8-13(12)15-14;3*1-4(6)3-5(2)7;;;;/h4-9,11-15H,1-3H3;1-11,13-15H;1-8,10-11H;1-7,9-11H;3-4,7-10H,1-2,5H2;3*3,6H,1-2H3;;;;/q5*-1;;;;;;;. The van der Waals surface area contributed by atoms with Crippen LogP contribution in [-0.4, -0.2) is 63.4 Å². The molecule has 1 aliphatic rings. The molecule has 1 aliphatic carbocycles. The number of nitrogens with zero attached hydrogens (tertiary/aromatic N) is 5. The summed E-state index contributed by atoms with van der Waals surface area (Å²) in [5.41, 5.74) is 17.3. The van der Waals surface area contributed by atoms with Gasteiger partial charge in [0.15, 0.2) is 23.1 Å². The third-order valence-corrected chi connectivity index (χ3v) is 17.2. The maximum atomic E-state index is 12.4. The topological polar surface area (TPSA) is 193 Å². The van der Waals surface area contributed by atoms with E-state index in [0.29, 0.717) is 11.1 Å². The number of allylic oxidation sites excluding steroid dienone is 8. The molecule has 0 fully saturated rings. The predicted molar refractivity (Wildman–Crippen MR) is 464 cm³/mol. The molecule has 3 N–H and O–H groups in total. The van der Waals surface area contributed by atoms with Crippen LogP contribution >= 0.6 is 0 Å². The van der Waals surface area contributed by atoms with Gasteiger partial charge < -0.3 is 35.3 Å². The Bertz CT molecular complexity index is 5610. The van der Waals surface area contributed by atoms with E-state index in [4.69, 9.17) is 20.3 Å². The second kappa shape index (κ2) is 50.3. The summed E-state index contributed by atoms with van der Waals surface area (Å²) in [6.45, 7) is 15.0. The summed E-state index contributed by atoms with van der Waals surface area (Å²) in [6, 6.07) is 110. The van der Waals surface area contributed by atoms with Crippen LogP contribution in [-0.2, 0) is 100 Å². The molecule has 0 amide bonds. The summed E-state index contributed by atoms with van der Waals surface area (Å²) in [5.74, 6) is -0.179. The van der Waals surface area contributed by atoms with Gasteiger partial charge in [-0.25, -0.2) is 0 Å². The zero-order valence-electron chi connectivity index (χ0n) is 66.8. The molecule has 118 heavy (non-hydrogen) atoms. The Morgan fingerprint density at radius 3 is 1.46 bits per heavy atom. The largest absolute Gasteiger partial charge is 0.512 e. The number of pyridine rings is 5. The quantitative estimate of drug-likeness (QED) is 0.0481. The van der Waals surface area contributed by atoms with Gasteiger partial charge in [0.25, 0.3) is 0 Å². The van der Waals surface area contributed by atoms with Gasteiger partial charge in [-0.2, -0.15) is 5.57 Å². The molecular weight excluding hydrogens is 2180 g/mol. The van der Waals surface area contributed by atoms with Crippen LogP contribution in [0.15, 0.2) is 345 Å². The van der Waals surface area contributed by atoms with Crippen molar-refractivity contribution in [3.05, 3.63) is 398 Å². The van der Waals surface area contributed by atoms with E-state index in [1.165, 1.54) is 121 Å². The molecule has 10 aromatic carbocycles. The Labute approximate surface area is 746 Å². The van der Waals surface area contributed by atoms with E-state index in [1.807, 2.05) is 195 Å². The molecule has 16 heteroatoms. The molecule has 0 atom stereocenters. The number of benzene rings is 10. The fourth-order valence-electron chi connectivity index (χ4n) is 11.9. The minimum absolute atomic E-state index is 0. The molecule has 12 nitrogen and oxygen atoms in total. The molecule has 16 rings (SSSR count). The first kappa shape index (κ1) is 97.2. The molecule has 606 valence electrons. The second-order valence-electron chi connectivity index (χ2n) is 27.5. The van der Waals surface area contributed by atoms with Crippen molar-refractivity contribution in [3.8, 4) is 56.2 Å². The molecule has 0 bridgehead atoms. The predicted octanol–water partition coefficient (Wildman–Crippen LogP) is 24.6. The number of para-hydroxylation sites is 2. The Kier molecular flexibility index (Phi) is 41.4. The van der Waals surface area contributed by atoms with Gasteiger partial charge in [0.05, 0.1) is 22.8 Å². The Morgan fingerprint density at radius 2 is 0.924 bits per heavy atom. The first-order valence-electron chi connectivity index (χ1n) is 37.3. The van der Waals surface area contributed by atoms with E-state index in [9.17, 15) is 19.2 Å². The van der Waals surface area contributed by atoms with Gasteiger partial charge in [-0.15, -0.1) is 143 Å². The van der Waals surface area contributed by atoms with Crippen molar-refractivity contribution in [2.24, 2.45) is 0 Å². The number of ketones is 4. The van der Waals surface area contributed by atoms with E-state index < -0.39 is 0 Å². The first-order valence-corrected chi connectivity index (χ1v) is 37.3. The molecule has 0 saturated heterocycles. The zero-order chi connectivity index (χ0) is 81.2. The van der Waals surface area contributed by atoms with Crippen molar-refractivity contribution in [1.29, 1.82) is 0 Å². The van der Waals surface area contributed by atoms with Crippen molar-refractivity contribution in [2.45, 2.75) is 87.0 Å². The number of fused-ring (bicyclic) bond motifs is 4. The summed E-state index contributed by atoms with van der Waals surface area (Å²) in [7, 11) is 0. The van der Waals surface area contributed by atoms with Crippen LogP contribution in [0.2, 0.25) is 0 Å². The van der Waals surface area contributed by atoms with E-state index in [1.54, 1.807) is 6.07 Å². The third kappa shape index (κ3) is 30.9. The van der Waals surface area contributed by atoms with E-state index in [0.717, 1.165) is 74.6 Å². The summed E-state index contributed by atoms with van der Waals surface area (Å²) >= 11 is 0. The van der Waals surface area contributed by atoms with Gasteiger partial charge in [-0.3, -0.25) is 30.2 Å². The number of aromatic nitrogens is 5. The normalized spacial score (nSPS) is 11.2. The minimum Gasteiger partial charge on any atom is -0.512 e. The van der Waals surface area contributed by atoms with Crippen molar-refractivity contribution < 1.29 is 115 Å². The molecular formula is C102H90Ir4N5O7-5. The van der Waals surface area contributed by atoms with Gasteiger partial charge >= 0.3 is 0 Å². The molecule has 0 unspecified atom stereocenters. The number of aliphatic hydroxyl groups is 3. The number of carbonyl (C=O) groups excluding carboxylic acids is 4. The summed E-state index contributed by atoms with van der Waals surface area (Å²) in [5, 5.41) is 32.3. The van der Waals surface area contributed by atoms with Crippen LogP contribution in [0.3, 0.4) is 0 Å². The molecule has 0 saturated carbocycles. The molecule has 5 heterocycles. The number of carbonyl (C=O) groups is 4. The van der Waals surface area contributed by atoms with Gasteiger partial charge in [-0.05, 0) is 127 Å². The molecule has 15 aromatic rings. The van der Waals surface area contributed by atoms with Crippen LogP contribution in [0, 0.1) is 30.3 Å². The average molecular weight is 2270 g/mol. The number of hydrogen-bond donors (Lipinski definition) is 3. The molecule has 5 aromatic heterocycles. The Balaban J connectivity index is 0.000000247. The van der Waals surface area contributed by atoms with E-state index in [2.05, 4.69) is 180 Å². The van der Waals surface area contributed by atoms with Gasteiger partial charge in [0, 0.05) is 134 Å². The average Bonchev–Trinajstić information content (AvgIpc) is 0.920. The number of aliphatic hydroxyl groups excluding tert-OH is 3. The fraction of sp³-hybridized carbons (Fsp3) is 0.127. The maximum absolute atomic E-state index is 12.4. The van der Waals surface area contributed by atoms with Crippen LogP contribution in [0.5, 0.6) is 0 Å². The number of rotatable bonds is 11. The fourth-order valence-corrected chi connectivity index (χ4v) is 11.9.